The van der Waals surface area contributed by atoms with Crippen molar-refractivity contribution in [2.45, 2.75) is 27.2 Å². The molecule has 11 heavy (non-hydrogen) atoms. The molecule has 0 rings (SSSR count). The van der Waals surface area contributed by atoms with E-state index in [1.165, 1.54) is 7.05 Å². The molecule has 3 heteroatoms. The van der Waals surface area contributed by atoms with E-state index in [0.29, 0.717) is 6.42 Å². The highest BCUT2D eigenvalue weighted by atomic mass is 16.2. The lowest BCUT2D eigenvalue weighted by molar-refractivity contribution is -0.128. The Hall–Kier alpha value is -1.04. The molecule has 0 atom stereocenters. The van der Waals surface area contributed by atoms with Crippen LogP contribution in [0.25, 0.3) is 0 Å². The van der Waals surface area contributed by atoms with Crippen molar-refractivity contribution in [3.63, 3.8) is 0 Å². The van der Waals surface area contributed by atoms with Crippen LogP contribution in [0.5, 0.6) is 0 Å². The van der Waals surface area contributed by atoms with Gasteiger partial charge in [-0.1, -0.05) is 20.8 Å². The highest BCUT2D eigenvalue weighted by Gasteiger charge is 2.18. The summed E-state index contributed by atoms with van der Waals surface area (Å²) in [6, 6.07) is 0. The zero-order chi connectivity index (χ0) is 9.07. The minimum Gasteiger partial charge on any atom is -0.274 e. The van der Waals surface area contributed by atoms with Crippen molar-refractivity contribution < 1.29 is 4.79 Å². The van der Waals surface area contributed by atoms with E-state index in [1.807, 2.05) is 20.8 Å². The van der Waals surface area contributed by atoms with E-state index in [9.17, 15) is 4.79 Å². The number of amides is 1. The Morgan fingerprint density at radius 3 is 2.27 bits per heavy atom. The van der Waals surface area contributed by atoms with Crippen LogP contribution in [-0.2, 0) is 4.79 Å². The fraction of sp³-hybridized carbons (Fsp3) is 0.750. The molecule has 0 saturated heterocycles. The van der Waals surface area contributed by atoms with Crippen LogP contribution in [0.15, 0.2) is 0 Å². The third-order valence-corrected chi connectivity index (χ3v) is 1.21. The summed E-state index contributed by atoms with van der Waals surface area (Å²) in [6.45, 7) is 5.91. The summed E-state index contributed by atoms with van der Waals surface area (Å²) in [4.78, 5) is 12.2. The van der Waals surface area contributed by atoms with Gasteiger partial charge in [-0.3, -0.25) is 9.69 Å². The van der Waals surface area contributed by atoms with E-state index in [1.54, 1.807) is 6.19 Å². The molecule has 0 fully saturated rings. The van der Waals surface area contributed by atoms with Gasteiger partial charge in [0, 0.05) is 13.5 Å². The molecule has 1 amide bonds. The summed E-state index contributed by atoms with van der Waals surface area (Å²) in [5.74, 6) is -0.125. The van der Waals surface area contributed by atoms with Crippen LogP contribution in [0.4, 0.5) is 0 Å². The van der Waals surface area contributed by atoms with E-state index in [0.717, 1.165) is 4.90 Å². The number of nitrogens with zero attached hydrogens (tertiary/aromatic N) is 2. The van der Waals surface area contributed by atoms with Crippen molar-refractivity contribution in [3.8, 4) is 6.19 Å². The van der Waals surface area contributed by atoms with Crippen LogP contribution < -0.4 is 0 Å². The quantitative estimate of drug-likeness (QED) is 0.423. The third-order valence-electron chi connectivity index (χ3n) is 1.21. The van der Waals surface area contributed by atoms with Crippen molar-refractivity contribution in [1.29, 1.82) is 5.26 Å². The third kappa shape index (κ3) is 4.38. The number of carbonyl (C=O) groups is 1. The lowest BCUT2D eigenvalue weighted by Crippen LogP contribution is -2.25. The van der Waals surface area contributed by atoms with Crippen molar-refractivity contribution in [1.82, 2.24) is 4.90 Å². The van der Waals surface area contributed by atoms with Crippen LogP contribution in [-0.4, -0.2) is 17.9 Å². The molecule has 0 spiro atoms. The second-order valence-electron chi connectivity index (χ2n) is 3.79. The molecular formula is C8H14N2O. The maximum Gasteiger partial charge on any atom is 0.235 e. The van der Waals surface area contributed by atoms with Gasteiger partial charge in [-0.2, -0.15) is 5.26 Å². The molecule has 0 aliphatic carbocycles. The van der Waals surface area contributed by atoms with Crippen LogP contribution in [0.1, 0.15) is 27.2 Å². The van der Waals surface area contributed by atoms with E-state index in [4.69, 9.17) is 5.26 Å². The molecule has 0 aliphatic rings. The number of hydrogen-bond acceptors (Lipinski definition) is 2. The van der Waals surface area contributed by atoms with Crippen LogP contribution in [0, 0.1) is 16.9 Å². The van der Waals surface area contributed by atoms with Gasteiger partial charge < -0.3 is 0 Å². The Morgan fingerprint density at radius 2 is 2.00 bits per heavy atom. The summed E-state index contributed by atoms with van der Waals surface area (Å²) in [6.07, 6.45) is 2.18. The summed E-state index contributed by atoms with van der Waals surface area (Å²) >= 11 is 0. The summed E-state index contributed by atoms with van der Waals surface area (Å²) in [7, 11) is 1.48. The van der Waals surface area contributed by atoms with Gasteiger partial charge in [-0.25, -0.2) is 0 Å². The molecule has 0 aromatic carbocycles. The summed E-state index contributed by atoms with van der Waals surface area (Å²) < 4.78 is 0. The topological polar surface area (TPSA) is 44.1 Å². The largest absolute Gasteiger partial charge is 0.274 e. The van der Waals surface area contributed by atoms with Gasteiger partial charge in [-0.05, 0) is 5.41 Å². The molecular weight excluding hydrogens is 140 g/mol. The molecule has 0 aromatic heterocycles. The lowest BCUT2D eigenvalue weighted by Gasteiger charge is -2.18. The Balaban J connectivity index is 4.01. The summed E-state index contributed by atoms with van der Waals surface area (Å²) in [5, 5.41) is 8.36. The van der Waals surface area contributed by atoms with Gasteiger partial charge in [0.1, 0.15) is 0 Å². The molecule has 0 radical (unpaired) electrons. The van der Waals surface area contributed by atoms with E-state index < -0.39 is 0 Å². The fourth-order valence-corrected chi connectivity index (χ4v) is 0.628. The highest BCUT2D eigenvalue weighted by molar-refractivity contribution is 5.77. The first-order valence-electron chi connectivity index (χ1n) is 3.53. The standard InChI is InChI=1S/C8H14N2O/c1-8(2,3)5-7(11)10(4)6-9/h5H2,1-4H3. The second kappa shape index (κ2) is 3.38. The predicted molar refractivity (Wildman–Crippen MR) is 42.5 cm³/mol. The second-order valence-corrected chi connectivity index (χ2v) is 3.79. The predicted octanol–water partition coefficient (Wildman–Crippen LogP) is 1.36. The minimum atomic E-state index is -0.125. The first-order chi connectivity index (χ1) is 4.87. The molecule has 0 heterocycles. The van der Waals surface area contributed by atoms with Gasteiger partial charge in [0.05, 0.1) is 0 Å². The Kier molecular flexibility index (Phi) is 3.06. The van der Waals surface area contributed by atoms with Gasteiger partial charge >= 0.3 is 0 Å². The summed E-state index contributed by atoms with van der Waals surface area (Å²) in [5.41, 5.74) is -0.0395. The molecule has 0 aliphatic heterocycles. The fourth-order valence-electron chi connectivity index (χ4n) is 0.628. The van der Waals surface area contributed by atoms with Crippen molar-refractivity contribution in [3.05, 3.63) is 0 Å². The van der Waals surface area contributed by atoms with Crippen molar-refractivity contribution >= 4 is 5.91 Å². The Labute approximate surface area is 67.6 Å². The molecule has 0 N–H and O–H groups in total. The normalized spacial score (nSPS) is 10.5. The average Bonchev–Trinajstić information content (AvgIpc) is 1.82. The smallest absolute Gasteiger partial charge is 0.235 e. The first-order valence-corrected chi connectivity index (χ1v) is 3.53. The molecule has 0 saturated carbocycles. The van der Waals surface area contributed by atoms with Crippen LogP contribution in [0.2, 0.25) is 0 Å². The zero-order valence-electron chi connectivity index (χ0n) is 7.51. The monoisotopic (exact) mass is 154 g/mol. The van der Waals surface area contributed by atoms with Crippen LogP contribution in [0.3, 0.4) is 0 Å². The number of rotatable bonds is 1. The first kappa shape index (κ1) is 9.96. The molecule has 0 aromatic rings. The van der Waals surface area contributed by atoms with Crippen molar-refractivity contribution in [2.24, 2.45) is 5.41 Å². The Bertz CT molecular complexity index is 185. The molecule has 62 valence electrons. The SMILES string of the molecule is CN(C#N)C(=O)CC(C)(C)C. The van der Waals surface area contributed by atoms with Gasteiger partial charge in [-0.15, -0.1) is 0 Å². The van der Waals surface area contributed by atoms with E-state index in [2.05, 4.69) is 0 Å². The lowest BCUT2D eigenvalue weighted by atomic mass is 9.92. The van der Waals surface area contributed by atoms with Gasteiger partial charge in [0.2, 0.25) is 5.91 Å². The number of nitriles is 1. The molecule has 3 nitrogen and oxygen atoms in total. The zero-order valence-corrected chi connectivity index (χ0v) is 7.51. The van der Waals surface area contributed by atoms with Gasteiger partial charge in [0.25, 0.3) is 0 Å². The number of carbonyl (C=O) groups excluding carboxylic acids is 1. The Morgan fingerprint density at radius 1 is 1.55 bits per heavy atom. The highest BCUT2D eigenvalue weighted by Crippen LogP contribution is 2.18. The van der Waals surface area contributed by atoms with Crippen LogP contribution >= 0.6 is 0 Å². The molecule has 0 unspecified atom stereocenters. The van der Waals surface area contributed by atoms with Crippen molar-refractivity contribution in [2.75, 3.05) is 7.05 Å². The van der Waals surface area contributed by atoms with Gasteiger partial charge in [0.15, 0.2) is 6.19 Å². The maximum absolute atomic E-state index is 11.1. The maximum atomic E-state index is 11.1. The minimum absolute atomic E-state index is 0.0395. The van der Waals surface area contributed by atoms with E-state index >= 15 is 0 Å². The number of hydrogen-bond donors (Lipinski definition) is 0. The average molecular weight is 154 g/mol. The van der Waals surface area contributed by atoms with E-state index in [-0.39, 0.29) is 11.3 Å². The molecule has 0 bridgehead atoms.